The van der Waals surface area contributed by atoms with Crippen LogP contribution in [0.3, 0.4) is 0 Å². The maximum absolute atomic E-state index is 13.6. The number of hydrogen-bond donors (Lipinski definition) is 1. The first-order chi connectivity index (χ1) is 8.13. The van der Waals surface area contributed by atoms with Gasteiger partial charge in [-0.05, 0) is 19.1 Å². The fraction of sp³-hybridized carbons (Fsp3) is 0.273. The van der Waals surface area contributed by atoms with E-state index >= 15 is 0 Å². The Morgan fingerprint density at radius 1 is 1.47 bits per heavy atom. The Morgan fingerprint density at radius 3 is 2.88 bits per heavy atom. The Hall–Kier alpha value is -1.95. The number of methoxy groups -OCH3 is 1. The maximum Gasteiger partial charge on any atom is 0.263 e. The van der Waals surface area contributed by atoms with E-state index in [1.54, 1.807) is 13.0 Å². The second-order valence-electron chi connectivity index (χ2n) is 3.54. The van der Waals surface area contributed by atoms with Crippen molar-refractivity contribution in [3.63, 3.8) is 0 Å². The average molecular weight is 237 g/mol. The molecule has 2 N–H and O–H groups in total. The van der Waals surface area contributed by atoms with Crippen molar-refractivity contribution in [2.24, 2.45) is 0 Å². The van der Waals surface area contributed by atoms with Crippen LogP contribution in [-0.4, -0.2) is 17.3 Å². The third-order valence-corrected chi connectivity index (χ3v) is 2.42. The number of benzene rings is 1. The molecule has 2 rings (SSSR count). The van der Waals surface area contributed by atoms with Gasteiger partial charge in [0.15, 0.2) is 0 Å². The fourth-order valence-electron chi connectivity index (χ4n) is 1.37. The normalized spacial score (nSPS) is 12.6. The van der Waals surface area contributed by atoms with Gasteiger partial charge in [0.25, 0.3) is 5.89 Å². The van der Waals surface area contributed by atoms with Crippen molar-refractivity contribution in [1.82, 2.24) is 10.1 Å². The Morgan fingerprint density at radius 2 is 2.24 bits per heavy atom. The highest BCUT2D eigenvalue weighted by Crippen LogP contribution is 2.28. The molecule has 1 heterocycles. The number of halogens is 1. The Kier molecular flexibility index (Phi) is 3.06. The molecule has 0 saturated heterocycles. The number of nitrogens with two attached hydrogens (primary N) is 1. The van der Waals surface area contributed by atoms with Gasteiger partial charge in [0.1, 0.15) is 11.9 Å². The lowest BCUT2D eigenvalue weighted by molar-refractivity contribution is 0.109. The summed E-state index contributed by atoms with van der Waals surface area (Å²) in [6.07, 6.45) is -0.319. The Balaban J connectivity index is 2.44. The first-order valence-corrected chi connectivity index (χ1v) is 5.04. The zero-order valence-corrected chi connectivity index (χ0v) is 9.48. The molecular weight excluding hydrogens is 225 g/mol. The minimum atomic E-state index is -0.495. The summed E-state index contributed by atoms with van der Waals surface area (Å²) in [6, 6.07) is 4.38. The molecule has 0 bridgehead atoms. The van der Waals surface area contributed by atoms with Crippen molar-refractivity contribution in [2.45, 2.75) is 13.0 Å². The molecule has 0 fully saturated rings. The van der Waals surface area contributed by atoms with E-state index in [1.807, 2.05) is 0 Å². The molecule has 17 heavy (non-hydrogen) atoms. The van der Waals surface area contributed by atoms with Crippen molar-refractivity contribution in [3.05, 3.63) is 29.8 Å². The minimum Gasteiger partial charge on any atom is -0.398 e. The van der Waals surface area contributed by atoms with Crippen LogP contribution in [0.4, 0.5) is 10.1 Å². The molecule has 5 nitrogen and oxygen atoms in total. The van der Waals surface area contributed by atoms with Gasteiger partial charge in [-0.25, -0.2) is 4.39 Å². The van der Waals surface area contributed by atoms with Crippen LogP contribution >= 0.6 is 0 Å². The first kappa shape index (κ1) is 11.5. The van der Waals surface area contributed by atoms with Gasteiger partial charge in [0.2, 0.25) is 5.82 Å². The van der Waals surface area contributed by atoms with E-state index in [1.165, 1.54) is 19.2 Å². The van der Waals surface area contributed by atoms with Gasteiger partial charge >= 0.3 is 0 Å². The van der Waals surface area contributed by atoms with Crippen LogP contribution < -0.4 is 5.73 Å². The molecule has 0 radical (unpaired) electrons. The van der Waals surface area contributed by atoms with Gasteiger partial charge in [-0.1, -0.05) is 11.2 Å². The third-order valence-electron chi connectivity index (χ3n) is 2.42. The van der Waals surface area contributed by atoms with Crippen LogP contribution in [0.25, 0.3) is 11.5 Å². The molecule has 1 atom stereocenters. The van der Waals surface area contributed by atoms with Crippen molar-refractivity contribution >= 4 is 5.69 Å². The van der Waals surface area contributed by atoms with Crippen molar-refractivity contribution in [3.8, 4) is 11.5 Å². The van der Waals surface area contributed by atoms with E-state index in [0.717, 1.165) is 0 Å². The number of nitrogens with zero attached hydrogens (tertiary/aromatic N) is 2. The molecule has 0 aliphatic heterocycles. The molecule has 1 aromatic heterocycles. The highest BCUT2D eigenvalue weighted by Gasteiger charge is 2.18. The molecular formula is C11H12FN3O2. The lowest BCUT2D eigenvalue weighted by Gasteiger charge is -2.02. The van der Waals surface area contributed by atoms with Crippen molar-refractivity contribution in [1.29, 1.82) is 0 Å². The van der Waals surface area contributed by atoms with Crippen LogP contribution in [0.1, 0.15) is 18.9 Å². The molecule has 0 aliphatic carbocycles. The van der Waals surface area contributed by atoms with Crippen LogP contribution in [0.15, 0.2) is 22.7 Å². The highest BCUT2D eigenvalue weighted by molar-refractivity contribution is 5.70. The van der Waals surface area contributed by atoms with Crippen molar-refractivity contribution in [2.75, 3.05) is 12.8 Å². The summed E-state index contributed by atoms with van der Waals surface area (Å²) in [5.41, 5.74) is 6.05. The maximum atomic E-state index is 13.6. The van der Waals surface area contributed by atoms with E-state index in [4.69, 9.17) is 15.0 Å². The molecule has 90 valence electrons. The van der Waals surface area contributed by atoms with Gasteiger partial charge < -0.3 is 15.0 Å². The number of ether oxygens (including phenoxy) is 1. The van der Waals surface area contributed by atoms with Gasteiger partial charge in [0.05, 0.1) is 5.56 Å². The number of anilines is 1. The summed E-state index contributed by atoms with van der Waals surface area (Å²) in [4.78, 5) is 4.05. The zero-order chi connectivity index (χ0) is 12.4. The van der Waals surface area contributed by atoms with E-state index in [2.05, 4.69) is 10.1 Å². The Bertz CT molecular complexity index is 507. The summed E-state index contributed by atoms with van der Waals surface area (Å²) in [6.45, 7) is 1.76. The van der Waals surface area contributed by atoms with Crippen LogP contribution in [-0.2, 0) is 4.74 Å². The number of nitrogen functional groups attached to an aromatic ring is 1. The largest absolute Gasteiger partial charge is 0.398 e. The van der Waals surface area contributed by atoms with Gasteiger partial charge in [-0.3, -0.25) is 0 Å². The van der Waals surface area contributed by atoms with Gasteiger partial charge in [0, 0.05) is 12.8 Å². The molecule has 0 spiro atoms. The second kappa shape index (κ2) is 4.50. The number of rotatable bonds is 3. The summed E-state index contributed by atoms with van der Waals surface area (Å²) in [5, 5.41) is 3.71. The molecule has 0 saturated carbocycles. The molecule has 2 aromatic rings. The second-order valence-corrected chi connectivity index (χ2v) is 3.54. The quantitative estimate of drug-likeness (QED) is 0.828. The average Bonchev–Trinajstić information content (AvgIpc) is 2.77. The number of hydrogen-bond acceptors (Lipinski definition) is 5. The predicted molar refractivity (Wildman–Crippen MR) is 59.5 cm³/mol. The number of aromatic nitrogens is 2. The minimum absolute atomic E-state index is 0.0551. The zero-order valence-electron chi connectivity index (χ0n) is 9.48. The molecule has 0 aliphatic rings. The fourth-order valence-corrected chi connectivity index (χ4v) is 1.37. The molecule has 1 unspecified atom stereocenters. The summed E-state index contributed by atoms with van der Waals surface area (Å²) in [7, 11) is 1.53. The van der Waals surface area contributed by atoms with Crippen molar-refractivity contribution < 1.29 is 13.7 Å². The summed E-state index contributed by atoms with van der Waals surface area (Å²) < 4.78 is 23.6. The van der Waals surface area contributed by atoms with Crippen LogP contribution in [0.5, 0.6) is 0 Å². The van der Waals surface area contributed by atoms with E-state index in [-0.39, 0.29) is 23.2 Å². The molecule has 0 amide bonds. The lowest BCUT2D eigenvalue weighted by Crippen LogP contribution is -1.98. The standard InChI is InChI=1S/C11H12FN3O2/c1-6(16-2)10-14-11(17-15-10)9-7(12)4-3-5-8(9)13/h3-6H,13H2,1-2H3. The molecule has 6 heteroatoms. The summed E-state index contributed by atoms with van der Waals surface area (Å²) >= 11 is 0. The predicted octanol–water partition coefficient (Wildman–Crippen LogP) is 2.17. The topological polar surface area (TPSA) is 74.2 Å². The van der Waals surface area contributed by atoms with E-state index in [9.17, 15) is 4.39 Å². The van der Waals surface area contributed by atoms with Gasteiger partial charge in [-0.15, -0.1) is 0 Å². The third kappa shape index (κ3) is 2.12. The SMILES string of the molecule is COC(C)c1noc(-c2c(N)cccc2F)n1. The highest BCUT2D eigenvalue weighted by atomic mass is 19.1. The van der Waals surface area contributed by atoms with E-state index in [0.29, 0.717) is 5.82 Å². The molecule has 1 aromatic carbocycles. The van der Waals surface area contributed by atoms with Gasteiger partial charge in [-0.2, -0.15) is 4.98 Å². The monoisotopic (exact) mass is 237 g/mol. The smallest absolute Gasteiger partial charge is 0.263 e. The lowest BCUT2D eigenvalue weighted by atomic mass is 10.1. The first-order valence-electron chi connectivity index (χ1n) is 5.04. The summed E-state index contributed by atoms with van der Waals surface area (Å²) in [5.74, 6) is -0.0880. The Labute approximate surface area is 97.4 Å². The van der Waals surface area contributed by atoms with Crippen LogP contribution in [0.2, 0.25) is 0 Å². The van der Waals surface area contributed by atoms with E-state index < -0.39 is 5.82 Å². The van der Waals surface area contributed by atoms with Crippen LogP contribution in [0, 0.1) is 5.82 Å².